The summed E-state index contributed by atoms with van der Waals surface area (Å²) in [6, 6.07) is 8.49. The van der Waals surface area contributed by atoms with Gasteiger partial charge in [0, 0.05) is 49.2 Å². The van der Waals surface area contributed by atoms with Gasteiger partial charge >= 0.3 is 0 Å². The van der Waals surface area contributed by atoms with Crippen molar-refractivity contribution < 1.29 is 14.2 Å². The van der Waals surface area contributed by atoms with Gasteiger partial charge in [-0.05, 0) is 69.9 Å². The van der Waals surface area contributed by atoms with Crippen LogP contribution in [0.15, 0.2) is 42.7 Å². The minimum absolute atomic E-state index is 0.0620. The first kappa shape index (κ1) is 25.9. The lowest BCUT2D eigenvalue weighted by atomic mass is 9.88. The first-order valence-corrected chi connectivity index (χ1v) is 13.4. The Hall–Kier alpha value is -3.40. The number of ether oxygens (including phenoxy) is 1. The second-order valence-electron chi connectivity index (χ2n) is 10.8. The molecule has 1 fully saturated rings. The van der Waals surface area contributed by atoms with Gasteiger partial charge in [0.1, 0.15) is 5.82 Å². The molecule has 0 saturated carbocycles. The molecule has 1 aromatic carbocycles. The van der Waals surface area contributed by atoms with Gasteiger partial charge < -0.3 is 14.4 Å². The van der Waals surface area contributed by atoms with Crippen LogP contribution in [0.25, 0.3) is 33.2 Å². The fourth-order valence-electron chi connectivity index (χ4n) is 5.77. The Balaban J connectivity index is 1.74. The summed E-state index contributed by atoms with van der Waals surface area (Å²) in [4.78, 5) is 9.36. The number of aliphatic hydroxyl groups is 1. The third-order valence-corrected chi connectivity index (χ3v) is 8.05. The predicted octanol–water partition coefficient (Wildman–Crippen LogP) is 5.72. The zero-order valence-corrected chi connectivity index (χ0v) is 23.1. The highest BCUT2D eigenvalue weighted by Gasteiger charge is 2.34. The van der Waals surface area contributed by atoms with E-state index in [9.17, 15) is 5.11 Å². The third kappa shape index (κ3) is 4.38. The van der Waals surface area contributed by atoms with Crippen LogP contribution in [0.2, 0.25) is 5.02 Å². The molecule has 1 atom stereocenters. The summed E-state index contributed by atoms with van der Waals surface area (Å²) in [7, 11) is 1.83. The lowest BCUT2D eigenvalue weighted by Crippen LogP contribution is -2.28. The van der Waals surface area contributed by atoms with Crippen molar-refractivity contribution in [1.82, 2.24) is 29.5 Å². The Morgan fingerprint density at radius 2 is 1.92 bits per heavy atom. The fourth-order valence-corrected chi connectivity index (χ4v) is 6.03. The average Bonchev–Trinajstić information content (AvgIpc) is 3.40. The van der Waals surface area contributed by atoms with E-state index in [-0.39, 0.29) is 11.7 Å². The van der Waals surface area contributed by atoms with Crippen molar-refractivity contribution in [1.29, 1.82) is 0 Å². The molecule has 1 saturated heterocycles. The number of nitrogens with zero attached hydrogens (tertiary/aromatic N) is 6. The number of hydrogen-bond donors (Lipinski definition) is 1. The zero-order chi connectivity index (χ0) is 27.5. The van der Waals surface area contributed by atoms with E-state index < -0.39 is 11.6 Å². The topological polar surface area (TPSA) is 90.9 Å². The van der Waals surface area contributed by atoms with Gasteiger partial charge in [-0.2, -0.15) is 0 Å². The van der Waals surface area contributed by atoms with Gasteiger partial charge in [-0.1, -0.05) is 16.8 Å². The second-order valence-corrected chi connectivity index (χ2v) is 11.2. The molecule has 0 aliphatic carbocycles. The molecule has 4 aromatic heterocycles. The van der Waals surface area contributed by atoms with Crippen molar-refractivity contribution in [2.24, 2.45) is 13.0 Å². The van der Waals surface area contributed by atoms with Gasteiger partial charge in [0.15, 0.2) is 0 Å². The van der Waals surface area contributed by atoms with Crippen LogP contribution in [0, 0.1) is 18.7 Å². The fraction of sp³-hybridized carbons (Fsp3) is 0.379. The Morgan fingerprint density at radius 1 is 1.15 bits per heavy atom. The molecule has 39 heavy (non-hydrogen) atoms. The minimum atomic E-state index is -1.12. The molecule has 202 valence electrons. The van der Waals surface area contributed by atoms with E-state index in [0.717, 1.165) is 51.7 Å². The molecule has 0 amide bonds. The summed E-state index contributed by atoms with van der Waals surface area (Å²) in [6.45, 7) is 6.53. The monoisotopic (exact) mass is 548 g/mol. The summed E-state index contributed by atoms with van der Waals surface area (Å²) in [5.74, 6) is -0.302. The van der Waals surface area contributed by atoms with Crippen molar-refractivity contribution in [3.8, 4) is 11.3 Å². The van der Waals surface area contributed by atoms with Crippen molar-refractivity contribution >= 4 is 33.5 Å². The maximum absolute atomic E-state index is 15.5. The molecule has 1 aliphatic rings. The normalized spacial score (nSPS) is 15.9. The van der Waals surface area contributed by atoms with Crippen molar-refractivity contribution in [3.05, 3.63) is 70.5 Å². The van der Waals surface area contributed by atoms with Crippen molar-refractivity contribution in [2.45, 2.75) is 45.3 Å². The number of benzene rings is 1. The van der Waals surface area contributed by atoms with E-state index in [2.05, 4.69) is 19.9 Å². The molecule has 0 bridgehead atoms. The molecule has 6 rings (SSSR count). The maximum atomic E-state index is 15.5. The van der Waals surface area contributed by atoms with Crippen LogP contribution in [0.4, 0.5) is 4.39 Å². The van der Waals surface area contributed by atoms with Crippen LogP contribution in [0.1, 0.15) is 49.7 Å². The molecule has 0 radical (unpaired) electrons. The largest absolute Gasteiger partial charge is 0.386 e. The highest BCUT2D eigenvalue weighted by atomic mass is 35.5. The molecular formula is C29H30ClFN6O2. The van der Waals surface area contributed by atoms with Crippen molar-refractivity contribution in [3.63, 3.8) is 0 Å². The second kappa shape index (κ2) is 9.66. The van der Waals surface area contributed by atoms with Gasteiger partial charge in [-0.25, -0.2) is 9.07 Å². The summed E-state index contributed by atoms with van der Waals surface area (Å²) in [5.41, 5.74) is 4.57. The van der Waals surface area contributed by atoms with Crippen molar-refractivity contribution in [2.75, 3.05) is 13.2 Å². The number of halogens is 2. The van der Waals surface area contributed by atoms with E-state index in [0.29, 0.717) is 29.5 Å². The van der Waals surface area contributed by atoms with Gasteiger partial charge in [0.05, 0.1) is 50.3 Å². The van der Waals surface area contributed by atoms with Crippen LogP contribution in [-0.4, -0.2) is 47.8 Å². The summed E-state index contributed by atoms with van der Waals surface area (Å²) in [6.07, 6.45) is 4.83. The number of rotatable bonds is 5. The molecule has 8 nitrogen and oxygen atoms in total. The Morgan fingerprint density at radius 3 is 2.59 bits per heavy atom. The smallest absolute Gasteiger partial charge is 0.146 e. The molecule has 10 heteroatoms. The number of pyridine rings is 2. The number of aryl methyl sites for hydroxylation is 2. The van der Waals surface area contributed by atoms with Gasteiger partial charge in [0.2, 0.25) is 0 Å². The number of fused-ring (bicyclic) bond motifs is 3. The number of aromatic nitrogens is 6. The molecule has 5 aromatic rings. The molecular weight excluding hydrogens is 519 g/mol. The lowest BCUT2D eigenvalue weighted by Gasteiger charge is -2.32. The zero-order valence-electron chi connectivity index (χ0n) is 22.3. The highest BCUT2D eigenvalue weighted by molar-refractivity contribution is 6.34. The van der Waals surface area contributed by atoms with E-state index in [1.54, 1.807) is 37.0 Å². The Labute approximate surface area is 230 Å². The van der Waals surface area contributed by atoms with Gasteiger partial charge in [-0.15, -0.1) is 5.10 Å². The van der Waals surface area contributed by atoms with E-state index in [1.807, 2.05) is 32.2 Å². The highest BCUT2D eigenvalue weighted by Crippen LogP contribution is 2.43. The standard InChI is InChI=1S/C29H30ClFN6O2/c1-16-27(36(4)35-34-16)19-14-23-20(13-21(19)30)25-24(12-18(15-33-25)29(2,3)38)37(23)28(17-7-10-39-11-8-17)26-22(31)6-5-9-32-26/h5-6,9,12-15,17,28,38H,7-8,10-11H2,1-4H3/t28-/m0/s1. The number of hydrogen-bond acceptors (Lipinski definition) is 6. The maximum Gasteiger partial charge on any atom is 0.146 e. The SMILES string of the molecule is Cc1nnn(C)c1-c1cc2c(cc1Cl)c1ncc(C(C)(C)O)cc1n2[C@H](c1ncccc1F)C1CCOCC1. The van der Waals surface area contributed by atoms with Crippen LogP contribution < -0.4 is 0 Å². The molecule has 0 spiro atoms. The summed E-state index contributed by atoms with van der Waals surface area (Å²) < 4.78 is 25.0. The average molecular weight is 549 g/mol. The quantitative estimate of drug-likeness (QED) is 0.302. The molecule has 0 unspecified atom stereocenters. The summed E-state index contributed by atoms with van der Waals surface area (Å²) in [5, 5.41) is 20.6. The van der Waals surface area contributed by atoms with E-state index >= 15 is 4.39 Å². The summed E-state index contributed by atoms with van der Waals surface area (Å²) >= 11 is 6.89. The molecule has 1 N–H and O–H groups in total. The Kier molecular flexibility index (Phi) is 6.40. The molecule has 5 heterocycles. The Bertz CT molecular complexity index is 1680. The van der Waals surface area contributed by atoms with Gasteiger partial charge in [0.25, 0.3) is 0 Å². The van der Waals surface area contributed by atoms with Crippen LogP contribution >= 0.6 is 11.6 Å². The van der Waals surface area contributed by atoms with E-state index in [1.165, 1.54) is 6.07 Å². The lowest BCUT2D eigenvalue weighted by molar-refractivity contribution is 0.0542. The third-order valence-electron chi connectivity index (χ3n) is 7.74. The van der Waals surface area contributed by atoms with Crippen LogP contribution in [-0.2, 0) is 17.4 Å². The van der Waals surface area contributed by atoms with E-state index in [4.69, 9.17) is 21.3 Å². The minimum Gasteiger partial charge on any atom is -0.386 e. The van der Waals surface area contributed by atoms with Crippen LogP contribution in [0.5, 0.6) is 0 Å². The first-order valence-electron chi connectivity index (χ1n) is 13.1. The van der Waals surface area contributed by atoms with Crippen LogP contribution in [0.3, 0.4) is 0 Å². The predicted molar refractivity (Wildman–Crippen MR) is 148 cm³/mol. The van der Waals surface area contributed by atoms with Gasteiger partial charge in [-0.3, -0.25) is 9.97 Å². The molecule has 1 aliphatic heterocycles. The first-order chi connectivity index (χ1) is 18.6.